The zero-order valence-corrected chi connectivity index (χ0v) is 19.1. The molecular weight excluding hydrogens is 463 g/mol. The van der Waals surface area contributed by atoms with Crippen molar-refractivity contribution in [1.29, 1.82) is 0 Å². The number of nitrogens with zero attached hydrogens (tertiary/aromatic N) is 4. The number of benzene rings is 1. The van der Waals surface area contributed by atoms with E-state index in [1.807, 2.05) is 0 Å². The summed E-state index contributed by atoms with van der Waals surface area (Å²) < 4.78 is 15.8. The first-order valence-electron chi connectivity index (χ1n) is 10.2. The molecule has 0 atom stereocenters. The van der Waals surface area contributed by atoms with E-state index < -0.39 is 23.0 Å². The summed E-state index contributed by atoms with van der Waals surface area (Å²) in [4.78, 5) is 46.9. The molecule has 0 saturated carbocycles. The van der Waals surface area contributed by atoms with Crippen LogP contribution in [0.2, 0.25) is 5.02 Å². The first-order valence-corrected chi connectivity index (χ1v) is 10.6. The Kier molecular flexibility index (Phi) is 6.42. The predicted molar refractivity (Wildman–Crippen MR) is 127 cm³/mol. The van der Waals surface area contributed by atoms with Crippen molar-refractivity contribution in [3.05, 3.63) is 97.3 Å². The number of fused-ring (bicyclic) bond motifs is 1. The number of amides is 1. The minimum Gasteiger partial charge on any atom is -0.373 e. The van der Waals surface area contributed by atoms with Crippen LogP contribution in [0, 0.1) is 5.82 Å². The highest BCUT2D eigenvalue weighted by Gasteiger charge is 2.16. The Morgan fingerprint density at radius 1 is 1.12 bits per heavy atom. The number of carbonyl (C=O) groups excluding carboxylic acids is 1. The standard InChI is InChI=1S/C23H20ClFN6O3/c1-26-20-8-13(5-6-27-20)10-29-21(32)18-9-15-19(11-28-18)30(2)23(34)31(22(15)33)12-14-3-4-17(25)16(24)7-14/h3-9,11H,10,12H2,1-2H3,(H,26,27)(H,29,32). The first kappa shape index (κ1) is 23.1. The van der Waals surface area contributed by atoms with Crippen LogP contribution in [-0.2, 0) is 20.1 Å². The number of rotatable bonds is 6. The summed E-state index contributed by atoms with van der Waals surface area (Å²) in [5.41, 5.74) is 0.458. The van der Waals surface area contributed by atoms with E-state index in [-0.39, 0.29) is 34.7 Å². The van der Waals surface area contributed by atoms with E-state index in [0.29, 0.717) is 11.4 Å². The highest BCUT2D eigenvalue weighted by Crippen LogP contribution is 2.16. The summed E-state index contributed by atoms with van der Waals surface area (Å²) in [6, 6.07) is 8.89. The molecule has 34 heavy (non-hydrogen) atoms. The minimum atomic E-state index is -0.597. The second-order valence-electron chi connectivity index (χ2n) is 7.55. The van der Waals surface area contributed by atoms with Gasteiger partial charge in [0.1, 0.15) is 17.3 Å². The highest BCUT2D eigenvalue weighted by molar-refractivity contribution is 6.30. The molecule has 0 unspecified atom stereocenters. The maximum Gasteiger partial charge on any atom is 0.331 e. The van der Waals surface area contributed by atoms with Crippen LogP contribution >= 0.6 is 11.6 Å². The summed E-state index contributed by atoms with van der Waals surface area (Å²) in [7, 11) is 3.25. The summed E-state index contributed by atoms with van der Waals surface area (Å²) in [6.07, 6.45) is 2.94. The molecule has 1 aromatic carbocycles. The third-order valence-corrected chi connectivity index (χ3v) is 5.62. The Morgan fingerprint density at radius 2 is 1.91 bits per heavy atom. The Labute approximate surface area is 197 Å². The summed E-state index contributed by atoms with van der Waals surface area (Å²) >= 11 is 5.83. The summed E-state index contributed by atoms with van der Waals surface area (Å²) in [5, 5.41) is 5.72. The average Bonchev–Trinajstić information content (AvgIpc) is 2.85. The molecule has 1 amide bonds. The van der Waals surface area contributed by atoms with Crippen LogP contribution in [0.1, 0.15) is 21.6 Å². The number of pyridine rings is 2. The Bertz CT molecular complexity index is 1530. The number of anilines is 1. The van der Waals surface area contributed by atoms with Crippen molar-refractivity contribution in [3.8, 4) is 0 Å². The van der Waals surface area contributed by atoms with E-state index in [1.165, 1.54) is 42.1 Å². The fraction of sp³-hybridized carbons (Fsp3) is 0.174. The molecule has 3 aromatic heterocycles. The van der Waals surface area contributed by atoms with E-state index >= 15 is 0 Å². The van der Waals surface area contributed by atoms with Crippen LogP contribution in [0.3, 0.4) is 0 Å². The summed E-state index contributed by atoms with van der Waals surface area (Å²) in [5.74, 6) is -0.408. The molecule has 0 saturated heterocycles. The van der Waals surface area contributed by atoms with Gasteiger partial charge in [0.2, 0.25) is 0 Å². The van der Waals surface area contributed by atoms with Crippen LogP contribution < -0.4 is 21.9 Å². The average molecular weight is 483 g/mol. The number of nitrogens with one attached hydrogen (secondary N) is 2. The van der Waals surface area contributed by atoms with Crippen LogP contribution in [-0.4, -0.2) is 32.1 Å². The SMILES string of the molecule is CNc1cc(CNC(=O)c2cc3c(=O)n(Cc4ccc(F)c(Cl)c4)c(=O)n(C)c3cn2)ccn1. The molecule has 11 heteroatoms. The monoisotopic (exact) mass is 482 g/mol. The molecule has 0 aliphatic carbocycles. The molecule has 3 heterocycles. The van der Waals surface area contributed by atoms with Gasteiger partial charge in [0.25, 0.3) is 11.5 Å². The largest absolute Gasteiger partial charge is 0.373 e. The van der Waals surface area contributed by atoms with Gasteiger partial charge in [0.15, 0.2) is 0 Å². The van der Waals surface area contributed by atoms with Gasteiger partial charge in [-0.05, 0) is 41.5 Å². The van der Waals surface area contributed by atoms with Gasteiger partial charge < -0.3 is 10.6 Å². The topological polar surface area (TPSA) is 111 Å². The van der Waals surface area contributed by atoms with Gasteiger partial charge >= 0.3 is 5.69 Å². The number of aryl methyl sites for hydroxylation is 1. The van der Waals surface area contributed by atoms with E-state index in [2.05, 4.69) is 20.6 Å². The van der Waals surface area contributed by atoms with Gasteiger partial charge in [0.05, 0.1) is 28.7 Å². The molecule has 0 fully saturated rings. The normalized spacial score (nSPS) is 10.9. The van der Waals surface area contributed by atoms with Crippen LogP contribution in [0.4, 0.5) is 10.2 Å². The zero-order chi connectivity index (χ0) is 24.4. The molecule has 0 aliphatic heterocycles. The number of aromatic nitrogens is 4. The molecule has 2 N–H and O–H groups in total. The van der Waals surface area contributed by atoms with Crippen molar-refractivity contribution < 1.29 is 9.18 Å². The zero-order valence-electron chi connectivity index (χ0n) is 18.3. The van der Waals surface area contributed by atoms with Crippen molar-refractivity contribution in [2.75, 3.05) is 12.4 Å². The summed E-state index contributed by atoms with van der Waals surface area (Å²) in [6.45, 7) is 0.125. The fourth-order valence-electron chi connectivity index (χ4n) is 3.48. The van der Waals surface area contributed by atoms with E-state index in [1.54, 1.807) is 25.4 Å². The molecule has 0 radical (unpaired) electrons. The molecule has 0 spiro atoms. The maximum absolute atomic E-state index is 13.5. The third kappa shape index (κ3) is 4.53. The number of hydrogen-bond acceptors (Lipinski definition) is 6. The van der Waals surface area contributed by atoms with Gasteiger partial charge in [-0.15, -0.1) is 0 Å². The van der Waals surface area contributed by atoms with E-state index in [0.717, 1.165) is 10.1 Å². The van der Waals surface area contributed by atoms with Crippen LogP contribution in [0.25, 0.3) is 10.9 Å². The first-order chi connectivity index (χ1) is 16.3. The van der Waals surface area contributed by atoms with Crippen molar-refractivity contribution in [2.24, 2.45) is 7.05 Å². The third-order valence-electron chi connectivity index (χ3n) is 5.33. The number of carbonyl (C=O) groups is 1. The lowest BCUT2D eigenvalue weighted by Crippen LogP contribution is -2.39. The Morgan fingerprint density at radius 3 is 2.65 bits per heavy atom. The van der Waals surface area contributed by atoms with Gasteiger partial charge in [0, 0.05) is 26.8 Å². The molecule has 4 rings (SSSR count). The molecular formula is C23H20ClFN6O3. The fourth-order valence-corrected chi connectivity index (χ4v) is 3.68. The molecule has 9 nitrogen and oxygen atoms in total. The molecule has 0 bridgehead atoms. The van der Waals surface area contributed by atoms with Crippen LogP contribution in [0.5, 0.6) is 0 Å². The van der Waals surface area contributed by atoms with E-state index in [9.17, 15) is 18.8 Å². The smallest absolute Gasteiger partial charge is 0.331 e. The number of halogens is 2. The van der Waals surface area contributed by atoms with Gasteiger partial charge in [-0.25, -0.2) is 19.2 Å². The van der Waals surface area contributed by atoms with Gasteiger partial charge in [-0.3, -0.25) is 18.7 Å². The lowest BCUT2D eigenvalue weighted by Gasteiger charge is -2.12. The Balaban J connectivity index is 1.66. The van der Waals surface area contributed by atoms with Crippen LogP contribution in [0.15, 0.2) is 58.4 Å². The lowest BCUT2D eigenvalue weighted by atomic mass is 10.2. The molecule has 174 valence electrons. The predicted octanol–water partition coefficient (Wildman–Crippen LogP) is 2.30. The number of hydrogen-bond donors (Lipinski definition) is 2. The van der Waals surface area contributed by atoms with Crippen molar-refractivity contribution in [3.63, 3.8) is 0 Å². The van der Waals surface area contributed by atoms with E-state index in [4.69, 9.17) is 11.6 Å². The van der Waals surface area contributed by atoms with Crippen molar-refractivity contribution in [2.45, 2.75) is 13.1 Å². The minimum absolute atomic E-state index is 0.0301. The quantitative estimate of drug-likeness (QED) is 0.436. The highest BCUT2D eigenvalue weighted by atomic mass is 35.5. The lowest BCUT2D eigenvalue weighted by molar-refractivity contribution is 0.0946. The Hall–Kier alpha value is -4.05. The molecule has 0 aliphatic rings. The van der Waals surface area contributed by atoms with Crippen molar-refractivity contribution in [1.82, 2.24) is 24.4 Å². The van der Waals surface area contributed by atoms with Crippen molar-refractivity contribution >= 4 is 34.2 Å². The molecule has 4 aromatic rings. The van der Waals surface area contributed by atoms with Gasteiger partial charge in [-0.1, -0.05) is 17.7 Å². The van der Waals surface area contributed by atoms with Gasteiger partial charge in [-0.2, -0.15) is 0 Å². The second kappa shape index (κ2) is 9.44. The second-order valence-corrected chi connectivity index (χ2v) is 7.96. The maximum atomic E-state index is 13.5.